The van der Waals surface area contributed by atoms with Gasteiger partial charge in [0, 0.05) is 34.8 Å². The maximum atomic E-state index is 12.7. The van der Waals surface area contributed by atoms with Crippen molar-refractivity contribution in [2.75, 3.05) is 12.3 Å². The van der Waals surface area contributed by atoms with Gasteiger partial charge in [-0.1, -0.05) is 47.5 Å². The topological polar surface area (TPSA) is 69.6 Å². The fraction of sp³-hybridized carbons (Fsp3) is 0.300. The Morgan fingerprint density at radius 2 is 2.00 bits per heavy atom. The van der Waals surface area contributed by atoms with Gasteiger partial charge < -0.3 is 15.3 Å². The molecule has 28 heavy (non-hydrogen) atoms. The molecule has 1 heterocycles. The lowest BCUT2D eigenvalue weighted by Crippen LogP contribution is -2.47. The number of halogens is 2. The Balaban J connectivity index is 1.66. The van der Waals surface area contributed by atoms with Gasteiger partial charge in [-0.15, -0.1) is 11.8 Å². The van der Waals surface area contributed by atoms with Crippen LogP contribution < -0.4 is 5.32 Å². The fourth-order valence-corrected chi connectivity index (χ4v) is 5.21. The number of rotatable bonds is 5. The Morgan fingerprint density at radius 1 is 1.25 bits per heavy atom. The van der Waals surface area contributed by atoms with Gasteiger partial charge in [0.15, 0.2) is 0 Å². The highest BCUT2D eigenvalue weighted by molar-refractivity contribution is 7.99. The van der Waals surface area contributed by atoms with Crippen molar-refractivity contribution in [1.29, 1.82) is 0 Å². The number of thioether (sulfide) groups is 1. The number of nitrogens with one attached hydrogen (secondary N) is 1. The van der Waals surface area contributed by atoms with E-state index in [0.717, 1.165) is 5.56 Å². The van der Waals surface area contributed by atoms with Crippen LogP contribution >= 0.6 is 35.0 Å². The predicted molar refractivity (Wildman–Crippen MR) is 113 cm³/mol. The molecule has 0 unspecified atom stereocenters. The number of hydrogen-bond donors (Lipinski definition) is 2. The maximum absolute atomic E-state index is 12.7. The van der Waals surface area contributed by atoms with Crippen LogP contribution in [-0.2, 0) is 16.0 Å². The zero-order valence-corrected chi connectivity index (χ0v) is 17.5. The Morgan fingerprint density at radius 3 is 2.68 bits per heavy atom. The zero-order chi connectivity index (χ0) is 20.3. The predicted octanol–water partition coefficient (Wildman–Crippen LogP) is 4.02. The van der Waals surface area contributed by atoms with Gasteiger partial charge in [0.1, 0.15) is 17.2 Å². The molecule has 0 radical (unpaired) electrons. The molecular weight excluding hydrogens is 419 g/mol. The summed E-state index contributed by atoms with van der Waals surface area (Å²) in [6.45, 7) is 1.83. The van der Waals surface area contributed by atoms with Gasteiger partial charge in [-0.05, 0) is 30.2 Å². The summed E-state index contributed by atoms with van der Waals surface area (Å²) in [5, 5.41) is 13.8. The molecule has 5 nitrogen and oxygen atoms in total. The number of phenolic OH excluding ortho intramolecular Hbond substituents is 1. The van der Waals surface area contributed by atoms with Gasteiger partial charge in [-0.3, -0.25) is 9.59 Å². The smallest absolute Gasteiger partial charge is 0.243 e. The fourth-order valence-electron chi connectivity index (χ4n) is 3.19. The molecule has 1 saturated heterocycles. The number of carbonyl (C=O) groups is 2. The Bertz CT molecular complexity index is 894. The third-order valence-corrected chi connectivity index (χ3v) is 6.47. The number of phenols is 1. The molecule has 0 bridgehead atoms. The first-order chi connectivity index (χ1) is 13.4. The first-order valence-electron chi connectivity index (χ1n) is 8.78. The van der Waals surface area contributed by atoms with Crippen LogP contribution in [0.15, 0.2) is 42.5 Å². The number of amides is 2. The van der Waals surface area contributed by atoms with Crippen molar-refractivity contribution >= 4 is 46.8 Å². The van der Waals surface area contributed by atoms with Crippen LogP contribution in [0.3, 0.4) is 0 Å². The minimum Gasteiger partial charge on any atom is -0.508 e. The van der Waals surface area contributed by atoms with E-state index in [0.29, 0.717) is 34.3 Å². The highest BCUT2D eigenvalue weighted by Gasteiger charge is 2.41. The molecule has 2 N–H and O–H groups in total. The Hall–Kier alpha value is -1.89. The second kappa shape index (κ2) is 9.07. The van der Waals surface area contributed by atoms with Crippen molar-refractivity contribution in [3.63, 3.8) is 0 Å². The molecule has 0 spiro atoms. The van der Waals surface area contributed by atoms with Crippen LogP contribution in [0, 0.1) is 0 Å². The van der Waals surface area contributed by atoms with E-state index < -0.39 is 6.04 Å². The largest absolute Gasteiger partial charge is 0.508 e. The average molecular weight is 439 g/mol. The summed E-state index contributed by atoms with van der Waals surface area (Å²) in [5.41, 5.74) is 1.52. The summed E-state index contributed by atoms with van der Waals surface area (Å²) in [7, 11) is 0. The van der Waals surface area contributed by atoms with Gasteiger partial charge >= 0.3 is 0 Å². The summed E-state index contributed by atoms with van der Waals surface area (Å²) >= 11 is 13.5. The van der Waals surface area contributed by atoms with Gasteiger partial charge in [0.05, 0.1) is 0 Å². The highest BCUT2D eigenvalue weighted by Crippen LogP contribution is 2.44. The second-order valence-corrected chi connectivity index (χ2v) is 8.42. The van der Waals surface area contributed by atoms with Crippen molar-refractivity contribution in [2.24, 2.45) is 0 Å². The molecule has 1 aliphatic heterocycles. The lowest BCUT2D eigenvalue weighted by atomic mass is 10.1. The third kappa shape index (κ3) is 4.57. The summed E-state index contributed by atoms with van der Waals surface area (Å²) in [5.74, 6) is 0.154. The third-order valence-electron chi connectivity index (χ3n) is 4.58. The van der Waals surface area contributed by atoms with Gasteiger partial charge in [-0.25, -0.2) is 0 Å². The second-order valence-electron chi connectivity index (χ2n) is 6.46. The minimum absolute atomic E-state index is 0.115. The molecule has 0 aromatic heterocycles. The molecule has 2 amide bonds. The summed E-state index contributed by atoms with van der Waals surface area (Å²) in [4.78, 5) is 26.5. The van der Waals surface area contributed by atoms with E-state index in [9.17, 15) is 14.7 Å². The molecule has 1 fully saturated rings. The standard InChI is InChI=1S/C20H20Cl2N2O3S/c1-12(25)24-17(11-28-20(24)15-4-2-3-5-18(15)26)19(27)23-9-8-13-6-7-14(21)10-16(13)22/h2-7,10,17,20,26H,8-9,11H2,1H3,(H,23,27)/t17-,20+/m0/s1. The van der Waals surface area contributed by atoms with Crippen molar-refractivity contribution in [3.8, 4) is 5.75 Å². The van der Waals surface area contributed by atoms with Crippen molar-refractivity contribution in [1.82, 2.24) is 10.2 Å². The first-order valence-corrected chi connectivity index (χ1v) is 10.6. The van der Waals surface area contributed by atoms with Crippen LogP contribution in [0.2, 0.25) is 10.0 Å². The molecule has 2 aromatic carbocycles. The summed E-state index contributed by atoms with van der Waals surface area (Å²) in [6, 6.07) is 11.5. The molecule has 148 valence electrons. The van der Waals surface area contributed by atoms with E-state index in [-0.39, 0.29) is 22.9 Å². The number of benzene rings is 2. The van der Waals surface area contributed by atoms with E-state index in [1.165, 1.54) is 23.6 Å². The number of aromatic hydroxyl groups is 1. The quantitative estimate of drug-likeness (QED) is 0.739. The van der Waals surface area contributed by atoms with E-state index in [1.807, 2.05) is 6.07 Å². The SMILES string of the molecule is CC(=O)N1[C@@H](c2ccccc2O)SC[C@H]1C(=O)NCCc1ccc(Cl)cc1Cl. The Labute approximate surface area is 178 Å². The monoisotopic (exact) mass is 438 g/mol. The lowest BCUT2D eigenvalue weighted by Gasteiger charge is -2.28. The van der Waals surface area contributed by atoms with Crippen LogP contribution in [-0.4, -0.2) is 40.2 Å². The maximum Gasteiger partial charge on any atom is 0.243 e. The number of hydrogen-bond acceptors (Lipinski definition) is 4. The average Bonchev–Trinajstić information content (AvgIpc) is 3.09. The first kappa shape index (κ1) is 20.8. The Kier molecular flexibility index (Phi) is 6.75. The van der Waals surface area contributed by atoms with Crippen molar-refractivity contribution < 1.29 is 14.7 Å². The number of para-hydroxylation sites is 1. The highest BCUT2D eigenvalue weighted by atomic mass is 35.5. The number of nitrogens with zero attached hydrogens (tertiary/aromatic N) is 1. The molecule has 1 aliphatic rings. The molecule has 2 aromatic rings. The minimum atomic E-state index is -0.590. The van der Waals surface area contributed by atoms with Crippen LogP contribution in [0.5, 0.6) is 5.75 Å². The van der Waals surface area contributed by atoms with E-state index >= 15 is 0 Å². The van der Waals surface area contributed by atoms with Gasteiger partial charge in [-0.2, -0.15) is 0 Å². The lowest BCUT2D eigenvalue weighted by molar-refractivity contribution is -0.138. The van der Waals surface area contributed by atoms with Crippen molar-refractivity contribution in [3.05, 3.63) is 63.6 Å². The van der Waals surface area contributed by atoms with Gasteiger partial charge in [0.2, 0.25) is 11.8 Å². The molecule has 8 heteroatoms. The number of carbonyl (C=O) groups excluding carboxylic acids is 2. The van der Waals surface area contributed by atoms with Crippen molar-refractivity contribution in [2.45, 2.75) is 24.8 Å². The van der Waals surface area contributed by atoms with Crippen LogP contribution in [0.4, 0.5) is 0 Å². The van der Waals surface area contributed by atoms with E-state index in [1.54, 1.807) is 36.4 Å². The molecular formula is C20H20Cl2N2O3S. The summed E-state index contributed by atoms with van der Waals surface area (Å²) < 4.78 is 0. The molecule has 0 aliphatic carbocycles. The normalized spacial score (nSPS) is 18.9. The van der Waals surface area contributed by atoms with Gasteiger partial charge in [0.25, 0.3) is 0 Å². The molecule has 0 saturated carbocycles. The zero-order valence-electron chi connectivity index (χ0n) is 15.2. The van der Waals surface area contributed by atoms with E-state index in [4.69, 9.17) is 23.2 Å². The van der Waals surface area contributed by atoms with Crippen LogP contribution in [0.1, 0.15) is 23.4 Å². The summed E-state index contributed by atoms with van der Waals surface area (Å²) in [6.07, 6.45) is 0.560. The molecule has 3 rings (SSSR count). The van der Waals surface area contributed by atoms with Crippen LogP contribution in [0.25, 0.3) is 0 Å². The van der Waals surface area contributed by atoms with E-state index in [2.05, 4.69) is 5.32 Å². The molecule has 2 atom stereocenters.